The van der Waals surface area contributed by atoms with Crippen LogP contribution in [0, 0.1) is 0 Å². The first-order chi connectivity index (χ1) is 11.7. The molecule has 0 radical (unpaired) electrons. The predicted octanol–water partition coefficient (Wildman–Crippen LogP) is 0.747. The summed E-state index contributed by atoms with van der Waals surface area (Å²) >= 11 is 0. The van der Waals surface area contributed by atoms with E-state index in [1.807, 2.05) is 31.3 Å². The molecule has 0 spiro atoms. The Kier molecular flexibility index (Phi) is 8.88. The largest absolute Gasteiger partial charge is 0.493 e. The summed E-state index contributed by atoms with van der Waals surface area (Å²) in [5.74, 6) is 1.51. The molecular formula is C15H26N3O6P. The molecule has 1 fully saturated rings. The lowest BCUT2D eigenvalue weighted by Gasteiger charge is -2.30. The smallest absolute Gasteiger partial charge is 0.466 e. The molecule has 1 heterocycles. The molecule has 1 saturated heterocycles. The third kappa shape index (κ3) is 9.42. The van der Waals surface area contributed by atoms with Gasteiger partial charge in [0.2, 0.25) is 0 Å². The summed E-state index contributed by atoms with van der Waals surface area (Å²) in [6.07, 6.45) is 1.88. The van der Waals surface area contributed by atoms with Gasteiger partial charge in [-0.05, 0) is 37.7 Å². The number of nitrogens with zero attached hydrogens (tertiary/aromatic N) is 3. The zero-order chi connectivity index (χ0) is 18.9. The Morgan fingerprint density at radius 2 is 1.80 bits per heavy atom. The van der Waals surface area contributed by atoms with Gasteiger partial charge in [-0.25, -0.2) is 4.57 Å². The van der Waals surface area contributed by atoms with Crippen LogP contribution >= 0.6 is 7.82 Å². The van der Waals surface area contributed by atoms with Crippen molar-refractivity contribution >= 4 is 14.0 Å². The summed E-state index contributed by atoms with van der Waals surface area (Å²) in [6, 6.07) is 5.87. The van der Waals surface area contributed by atoms with Crippen molar-refractivity contribution in [2.45, 2.75) is 6.92 Å². The molecule has 1 aliphatic heterocycles. The summed E-state index contributed by atoms with van der Waals surface area (Å²) in [4.78, 5) is 23.9. The van der Waals surface area contributed by atoms with Crippen LogP contribution in [-0.2, 0) is 4.57 Å². The van der Waals surface area contributed by atoms with E-state index in [1.54, 1.807) is 7.11 Å². The Morgan fingerprint density at radius 3 is 2.32 bits per heavy atom. The SMILES string of the molecule is CCOc1ccc(/C=N/N2CCN(C)CC2)cc1OC.O=P(O)(O)O. The predicted molar refractivity (Wildman–Crippen MR) is 95.1 cm³/mol. The van der Waals surface area contributed by atoms with Crippen LogP contribution in [0.5, 0.6) is 11.5 Å². The van der Waals surface area contributed by atoms with Gasteiger partial charge in [-0.1, -0.05) is 0 Å². The standard InChI is InChI=1S/C15H23N3O2.H3O4P/c1-4-20-14-6-5-13(11-15(14)19-3)12-16-18-9-7-17(2)8-10-18;1-5(2,3)4/h5-6,11-12H,4,7-10H2,1-3H3;(H3,1,2,3,4)/b16-12+;. The van der Waals surface area contributed by atoms with Crippen molar-refractivity contribution in [3.63, 3.8) is 0 Å². The van der Waals surface area contributed by atoms with E-state index in [9.17, 15) is 0 Å². The molecule has 3 N–H and O–H groups in total. The van der Waals surface area contributed by atoms with Gasteiger partial charge >= 0.3 is 7.82 Å². The highest BCUT2D eigenvalue weighted by molar-refractivity contribution is 7.45. The zero-order valence-electron chi connectivity index (χ0n) is 14.7. The maximum atomic E-state index is 8.88. The van der Waals surface area contributed by atoms with Crippen LogP contribution in [0.4, 0.5) is 0 Å². The Hall–Kier alpha value is -1.64. The Bertz CT molecular complexity index is 591. The molecule has 1 aromatic rings. The Labute approximate surface area is 147 Å². The van der Waals surface area contributed by atoms with Crippen LogP contribution in [-0.4, -0.2) is 77.7 Å². The van der Waals surface area contributed by atoms with E-state index >= 15 is 0 Å². The minimum absolute atomic E-state index is 0.630. The second-order valence-corrected chi connectivity index (χ2v) is 6.38. The average molecular weight is 375 g/mol. The second kappa shape index (κ2) is 10.4. The van der Waals surface area contributed by atoms with Crippen molar-refractivity contribution in [2.75, 3.05) is 46.9 Å². The number of ether oxygens (including phenoxy) is 2. The van der Waals surface area contributed by atoms with E-state index in [1.165, 1.54) is 0 Å². The maximum absolute atomic E-state index is 8.88. The van der Waals surface area contributed by atoms with Gasteiger partial charge in [0.05, 0.1) is 19.9 Å². The molecule has 0 aromatic heterocycles. The van der Waals surface area contributed by atoms with E-state index in [0.29, 0.717) is 6.61 Å². The molecule has 0 amide bonds. The molecule has 0 bridgehead atoms. The zero-order valence-corrected chi connectivity index (χ0v) is 15.6. The van der Waals surface area contributed by atoms with E-state index in [-0.39, 0.29) is 0 Å². The molecule has 0 atom stereocenters. The molecule has 1 aliphatic rings. The molecule has 142 valence electrons. The molecule has 0 aliphatic carbocycles. The number of phosphoric acid groups is 1. The highest BCUT2D eigenvalue weighted by atomic mass is 31.2. The van der Waals surface area contributed by atoms with Gasteiger partial charge in [0.15, 0.2) is 11.5 Å². The fraction of sp³-hybridized carbons (Fsp3) is 0.533. The first-order valence-corrected chi connectivity index (χ1v) is 9.36. The van der Waals surface area contributed by atoms with Gasteiger partial charge in [0.1, 0.15) is 0 Å². The van der Waals surface area contributed by atoms with E-state index in [2.05, 4.69) is 22.1 Å². The fourth-order valence-corrected chi connectivity index (χ4v) is 2.10. The van der Waals surface area contributed by atoms with E-state index in [0.717, 1.165) is 43.2 Å². The number of hydrogen-bond donors (Lipinski definition) is 3. The van der Waals surface area contributed by atoms with Crippen LogP contribution < -0.4 is 9.47 Å². The van der Waals surface area contributed by atoms with Crippen LogP contribution in [0.3, 0.4) is 0 Å². The summed E-state index contributed by atoms with van der Waals surface area (Å²) < 4.78 is 19.7. The third-order valence-electron chi connectivity index (χ3n) is 3.34. The normalized spacial score (nSPS) is 15.7. The first kappa shape index (κ1) is 21.4. The highest BCUT2D eigenvalue weighted by Gasteiger charge is 2.11. The molecule has 1 aromatic carbocycles. The number of rotatable bonds is 5. The number of hydrazone groups is 1. The third-order valence-corrected chi connectivity index (χ3v) is 3.34. The van der Waals surface area contributed by atoms with Crippen molar-refractivity contribution in [1.82, 2.24) is 9.91 Å². The second-order valence-electron chi connectivity index (χ2n) is 5.36. The summed E-state index contributed by atoms with van der Waals surface area (Å²) in [5, 5.41) is 6.62. The van der Waals surface area contributed by atoms with Crippen LogP contribution in [0.25, 0.3) is 0 Å². The van der Waals surface area contributed by atoms with Gasteiger partial charge in [-0.3, -0.25) is 5.01 Å². The molecule has 0 saturated carbocycles. The van der Waals surface area contributed by atoms with Crippen molar-refractivity contribution in [3.05, 3.63) is 23.8 Å². The summed E-state index contributed by atoms with van der Waals surface area (Å²) in [6.45, 7) is 6.66. The minimum Gasteiger partial charge on any atom is -0.493 e. The number of methoxy groups -OCH3 is 1. The highest BCUT2D eigenvalue weighted by Crippen LogP contribution is 2.27. The Morgan fingerprint density at radius 1 is 1.20 bits per heavy atom. The molecule has 0 unspecified atom stereocenters. The quantitative estimate of drug-likeness (QED) is 0.510. The summed E-state index contributed by atoms with van der Waals surface area (Å²) in [5.41, 5.74) is 1.02. The number of hydrogen-bond acceptors (Lipinski definition) is 6. The lowest BCUT2D eigenvalue weighted by molar-refractivity contribution is 0.159. The van der Waals surface area contributed by atoms with Crippen molar-refractivity contribution in [1.29, 1.82) is 0 Å². The van der Waals surface area contributed by atoms with Gasteiger partial charge in [-0.15, -0.1) is 0 Å². The van der Waals surface area contributed by atoms with Crippen LogP contribution in [0.1, 0.15) is 12.5 Å². The van der Waals surface area contributed by atoms with E-state index < -0.39 is 7.82 Å². The van der Waals surface area contributed by atoms with Crippen molar-refractivity contribution < 1.29 is 28.7 Å². The number of piperazine rings is 1. The van der Waals surface area contributed by atoms with Crippen molar-refractivity contribution in [3.8, 4) is 11.5 Å². The van der Waals surface area contributed by atoms with Crippen LogP contribution in [0.15, 0.2) is 23.3 Å². The maximum Gasteiger partial charge on any atom is 0.466 e. The average Bonchev–Trinajstić information content (AvgIpc) is 2.54. The fourth-order valence-electron chi connectivity index (χ4n) is 2.10. The monoisotopic (exact) mass is 375 g/mol. The molecule has 25 heavy (non-hydrogen) atoms. The molecular weight excluding hydrogens is 349 g/mol. The summed E-state index contributed by atoms with van der Waals surface area (Å²) in [7, 11) is -0.850. The molecule has 10 heteroatoms. The van der Waals surface area contributed by atoms with Gasteiger partial charge in [0, 0.05) is 26.2 Å². The lowest BCUT2D eigenvalue weighted by Crippen LogP contribution is -2.41. The molecule has 2 rings (SSSR count). The van der Waals surface area contributed by atoms with Crippen molar-refractivity contribution in [2.24, 2.45) is 5.10 Å². The number of likely N-dealkylation sites (N-methyl/N-ethyl adjacent to an activating group) is 1. The first-order valence-electron chi connectivity index (χ1n) is 7.79. The van der Waals surface area contributed by atoms with Gasteiger partial charge < -0.3 is 29.1 Å². The number of benzene rings is 1. The Balaban J connectivity index is 0.000000550. The van der Waals surface area contributed by atoms with Crippen LogP contribution in [0.2, 0.25) is 0 Å². The van der Waals surface area contributed by atoms with Gasteiger partial charge in [0.25, 0.3) is 0 Å². The van der Waals surface area contributed by atoms with Gasteiger partial charge in [-0.2, -0.15) is 5.10 Å². The van der Waals surface area contributed by atoms with E-state index in [4.69, 9.17) is 28.7 Å². The lowest BCUT2D eigenvalue weighted by atomic mass is 10.2. The topological polar surface area (TPSA) is 115 Å². The minimum atomic E-state index is -4.64. The molecule has 9 nitrogen and oxygen atoms in total.